The molecule has 0 saturated heterocycles. The number of benzene rings is 2. The molecule has 0 radical (unpaired) electrons. The van der Waals surface area contributed by atoms with E-state index in [9.17, 15) is 9.59 Å². The molecular weight excluding hydrogens is 368 g/mol. The summed E-state index contributed by atoms with van der Waals surface area (Å²) in [6.45, 7) is 5.65. The zero-order valence-electron chi connectivity index (χ0n) is 16.2. The van der Waals surface area contributed by atoms with Gasteiger partial charge in [-0.3, -0.25) is 14.5 Å². The van der Waals surface area contributed by atoms with Crippen LogP contribution in [0.4, 0.5) is 5.82 Å². The second kappa shape index (κ2) is 6.17. The summed E-state index contributed by atoms with van der Waals surface area (Å²) in [7, 11) is 0. The molecule has 0 unspecified atom stereocenters. The van der Waals surface area contributed by atoms with Gasteiger partial charge in [0.1, 0.15) is 11.3 Å². The third-order valence-corrected chi connectivity index (χ3v) is 5.46. The van der Waals surface area contributed by atoms with Gasteiger partial charge in [-0.25, -0.2) is 0 Å². The standard InChI is InChI=1S/C23H18N2O4/c1-12-9-16-17(10-13(12)2)28-22-19(21(16)26)20(15-7-5-4-6-8-15)25(23(22)27)18-11-14(3)29-24-18/h4-11,20H,1-3H3/t20-/m0/s1. The lowest BCUT2D eigenvalue weighted by molar-refractivity contribution is 0.0969. The first-order valence-electron chi connectivity index (χ1n) is 9.35. The number of hydrogen-bond donors (Lipinski definition) is 0. The van der Waals surface area contributed by atoms with E-state index in [1.807, 2.05) is 50.2 Å². The van der Waals surface area contributed by atoms with Gasteiger partial charge in [0.25, 0.3) is 5.91 Å². The number of fused-ring (bicyclic) bond motifs is 2. The predicted molar refractivity (Wildman–Crippen MR) is 108 cm³/mol. The van der Waals surface area contributed by atoms with Gasteiger partial charge in [-0.05, 0) is 49.6 Å². The fraction of sp³-hybridized carbons (Fsp3) is 0.174. The van der Waals surface area contributed by atoms with E-state index >= 15 is 0 Å². The molecule has 5 rings (SSSR count). The Bertz CT molecular complexity index is 1330. The summed E-state index contributed by atoms with van der Waals surface area (Å²) >= 11 is 0. The van der Waals surface area contributed by atoms with Crippen molar-refractivity contribution in [2.75, 3.05) is 4.90 Å². The molecule has 6 nitrogen and oxygen atoms in total. The smallest absolute Gasteiger partial charge is 0.296 e. The normalized spacial score (nSPS) is 15.9. The maximum Gasteiger partial charge on any atom is 0.296 e. The van der Waals surface area contributed by atoms with E-state index < -0.39 is 11.9 Å². The summed E-state index contributed by atoms with van der Waals surface area (Å²) in [5.41, 5.74) is 3.33. The minimum Gasteiger partial charge on any atom is -0.450 e. The van der Waals surface area contributed by atoms with E-state index in [0.717, 1.165) is 16.7 Å². The Kier molecular flexibility index (Phi) is 3.71. The van der Waals surface area contributed by atoms with Crippen LogP contribution >= 0.6 is 0 Å². The summed E-state index contributed by atoms with van der Waals surface area (Å²) in [6, 6.07) is 14.1. The number of hydrogen-bond acceptors (Lipinski definition) is 5. The maximum atomic E-state index is 13.5. The Balaban J connectivity index is 1.84. The summed E-state index contributed by atoms with van der Waals surface area (Å²) in [6.07, 6.45) is 0. The topological polar surface area (TPSA) is 76.6 Å². The highest BCUT2D eigenvalue weighted by Gasteiger charge is 2.44. The molecule has 6 heteroatoms. The van der Waals surface area contributed by atoms with Gasteiger partial charge in [0, 0.05) is 6.07 Å². The summed E-state index contributed by atoms with van der Waals surface area (Å²) in [5, 5.41) is 4.49. The van der Waals surface area contributed by atoms with Crippen molar-refractivity contribution in [1.29, 1.82) is 0 Å². The maximum absolute atomic E-state index is 13.5. The molecule has 0 spiro atoms. The minimum atomic E-state index is -0.634. The molecule has 1 amide bonds. The zero-order chi connectivity index (χ0) is 20.3. The van der Waals surface area contributed by atoms with Gasteiger partial charge >= 0.3 is 0 Å². The zero-order valence-corrected chi connectivity index (χ0v) is 16.2. The van der Waals surface area contributed by atoms with Crippen molar-refractivity contribution in [2.45, 2.75) is 26.8 Å². The van der Waals surface area contributed by atoms with Gasteiger partial charge in [-0.2, -0.15) is 0 Å². The Morgan fingerprint density at radius 1 is 0.966 bits per heavy atom. The minimum absolute atomic E-state index is 0.0558. The lowest BCUT2D eigenvalue weighted by Gasteiger charge is -2.22. The number of nitrogens with zero attached hydrogens (tertiary/aromatic N) is 2. The Morgan fingerprint density at radius 3 is 2.38 bits per heavy atom. The lowest BCUT2D eigenvalue weighted by Crippen LogP contribution is -2.29. The lowest BCUT2D eigenvalue weighted by atomic mass is 9.97. The third kappa shape index (κ3) is 2.52. The van der Waals surface area contributed by atoms with E-state index in [-0.39, 0.29) is 11.2 Å². The Labute approximate surface area is 166 Å². The molecule has 0 bridgehead atoms. The van der Waals surface area contributed by atoms with Gasteiger partial charge in [0.05, 0.1) is 17.0 Å². The van der Waals surface area contributed by atoms with Crippen LogP contribution in [-0.4, -0.2) is 11.1 Å². The van der Waals surface area contributed by atoms with Crippen molar-refractivity contribution in [1.82, 2.24) is 5.16 Å². The number of aryl methyl sites for hydroxylation is 3. The second-order valence-electron chi connectivity index (χ2n) is 7.39. The average molecular weight is 386 g/mol. The van der Waals surface area contributed by atoms with Crippen molar-refractivity contribution in [3.05, 3.63) is 92.5 Å². The molecule has 0 N–H and O–H groups in total. The second-order valence-corrected chi connectivity index (χ2v) is 7.39. The van der Waals surface area contributed by atoms with Crippen LogP contribution in [0.1, 0.15) is 44.6 Å². The van der Waals surface area contributed by atoms with Crippen LogP contribution < -0.4 is 10.3 Å². The van der Waals surface area contributed by atoms with Crippen molar-refractivity contribution < 1.29 is 13.7 Å². The number of amides is 1. The SMILES string of the molecule is Cc1cc(N2C(=O)c3oc4cc(C)c(C)cc4c(=O)c3[C@@H]2c2ccccc2)no1. The van der Waals surface area contributed by atoms with Crippen LogP contribution in [0.25, 0.3) is 11.0 Å². The van der Waals surface area contributed by atoms with Gasteiger partial charge in [0.2, 0.25) is 5.76 Å². The first-order chi connectivity index (χ1) is 14.0. The molecule has 0 saturated carbocycles. The van der Waals surface area contributed by atoms with Crippen LogP contribution in [-0.2, 0) is 0 Å². The number of aromatic nitrogens is 1. The van der Waals surface area contributed by atoms with E-state index in [4.69, 9.17) is 8.94 Å². The first-order valence-corrected chi connectivity index (χ1v) is 9.35. The van der Waals surface area contributed by atoms with E-state index in [2.05, 4.69) is 5.16 Å². The fourth-order valence-electron chi connectivity index (χ4n) is 3.88. The first kappa shape index (κ1) is 17.4. The number of anilines is 1. The molecule has 2 aromatic heterocycles. The fourth-order valence-corrected chi connectivity index (χ4v) is 3.88. The average Bonchev–Trinajstić information content (AvgIpc) is 3.26. The molecule has 3 heterocycles. The molecule has 144 valence electrons. The van der Waals surface area contributed by atoms with Crippen molar-refractivity contribution in [3.8, 4) is 0 Å². The summed E-state index contributed by atoms with van der Waals surface area (Å²) in [5.74, 6) is 0.578. The molecule has 1 atom stereocenters. The Hall–Kier alpha value is -3.67. The van der Waals surface area contributed by atoms with Crippen LogP contribution in [0.2, 0.25) is 0 Å². The largest absolute Gasteiger partial charge is 0.450 e. The van der Waals surface area contributed by atoms with Gasteiger partial charge in [-0.1, -0.05) is 35.5 Å². The van der Waals surface area contributed by atoms with Crippen LogP contribution in [0.3, 0.4) is 0 Å². The number of rotatable bonds is 2. The molecule has 1 aliphatic rings. The van der Waals surface area contributed by atoms with Crippen LogP contribution in [0, 0.1) is 20.8 Å². The van der Waals surface area contributed by atoms with Crippen molar-refractivity contribution in [2.24, 2.45) is 0 Å². The number of carbonyl (C=O) groups excluding carboxylic acids is 1. The van der Waals surface area contributed by atoms with Crippen LogP contribution in [0.5, 0.6) is 0 Å². The molecule has 0 fully saturated rings. The van der Waals surface area contributed by atoms with E-state index in [1.165, 1.54) is 4.90 Å². The molecule has 29 heavy (non-hydrogen) atoms. The Morgan fingerprint density at radius 2 is 1.69 bits per heavy atom. The molecule has 1 aliphatic heterocycles. The van der Waals surface area contributed by atoms with Crippen LogP contribution in [0.15, 0.2) is 62.3 Å². The highest BCUT2D eigenvalue weighted by molar-refractivity contribution is 6.10. The van der Waals surface area contributed by atoms with Gasteiger partial charge in [0.15, 0.2) is 11.2 Å². The van der Waals surface area contributed by atoms with E-state index in [0.29, 0.717) is 28.1 Å². The van der Waals surface area contributed by atoms with Crippen molar-refractivity contribution in [3.63, 3.8) is 0 Å². The van der Waals surface area contributed by atoms with E-state index in [1.54, 1.807) is 19.1 Å². The number of carbonyl (C=O) groups is 1. The van der Waals surface area contributed by atoms with Gasteiger partial charge < -0.3 is 8.94 Å². The quantitative estimate of drug-likeness (QED) is 0.508. The van der Waals surface area contributed by atoms with Crippen molar-refractivity contribution >= 4 is 22.7 Å². The summed E-state index contributed by atoms with van der Waals surface area (Å²) < 4.78 is 11.2. The highest BCUT2D eigenvalue weighted by Crippen LogP contribution is 2.40. The third-order valence-electron chi connectivity index (χ3n) is 5.46. The summed E-state index contributed by atoms with van der Waals surface area (Å²) in [4.78, 5) is 28.3. The van der Waals surface area contributed by atoms with Gasteiger partial charge in [-0.15, -0.1) is 0 Å². The monoisotopic (exact) mass is 386 g/mol. The highest BCUT2D eigenvalue weighted by atomic mass is 16.5. The molecule has 4 aromatic rings. The molecule has 0 aliphatic carbocycles. The molecule has 2 aromatic carbocycles. The molecular formula is C23H18N2O4. The predicted octanol–water partition coefficient (Wildman–Crippen LogP) is 4.46.